The van der Waals surface area contributed by atoms with Gasteiger partial charge in [0.05, 0.1) is 17.5 Å². The van der Waals surface area contributed by atoms with E-state index < -0.39 is 12.3 Å². The van der Waals surface area contributed by atoms with Crippen molar-refractivity contribution in [2.75, 3.05) is 6.61 Å². The van der Waals surface area contributed by atoms with Gasteiger partial charge in [-0.3, -0.25) is 10.2 Å². The Morgan fingerprint density at radius 2 is 2.11 bits per heavy atom. The number of hydrogen-bond acceptors (Lipinski definition) is 4. The summed E-state index contributed by atoms with van der Waals surface area (Å²) in [4.78, 5) is 10.8. The smallest absolute Gasteiger partial charge is 0.493 e. The monoisotopic (exact) mass is 342 g/mol. The molecule has 0 spiro atoms. The molecule has 0 atom stereocenters. The van der Waals surface area contributed by atoms with Crippen LogP contribution in [0.1, 0.15) is 6.42 Å². The van der Waals surface area contributed by atoms with Crippen molar-refractivity contribution in [3.8, 4) is 11.5 Å². The molecular weight excluding hydrogens is 333 g/mol. The van der Waals surface area contributed by atoms with Crippen molar-refractivity contribution in [1.29, 1.82) is 0 Å². The van der Waals surface area contributed by atoms with Gasteiger partial charge in [0.15, 0.2) is 0 Å². The van der Waals surface area contributed by atoms with E-state index in [-0.39, 0.29) is 23.2 Å². The lowest BCUT2D eigenvalue weighted by Crippen LogP contribution is -2.31. The second kappa shape index (κ2) is 6.62. The van der Waals surface area contributed by atoms with Gasteiger partial charge in [0.2, 0.25) is 5.91 Å². The molecule has 0 bridgehead atoms. The van der Waals surface area contributed by atoms with Crippen LogP contribution in [0.4, 0.5) is 13.2 Å². The number of hydrazine groups is 1. The van der Waals surface area contributed by atoms with Crippen LogP contribution in [0, 0.1) is 0 Å². The third-order valence-corrected chi connectivity index (χ3v) is 2.51. The fourth-order valence-corrected chi connectivity index (χ4v) is 1.55. The molecule has 0 unspecified atom stereocenters. The third-order valence-electron chi connectivity index (χ3n) is 1.89. The summed E-state index contributed by atoms with van der Waals surface area (Å²) in [6.07, 6.45) is -4.72. The topological polar surface area (TPSA) is 73.6 Å². The lowest BCUT2D eigenvalue weighted by atomic mass is 10.3. The van der Waals surface area contributed by atoms with Crippen LogP contribution in [0.15, 0.2) is 22.7 Å². The minimum atomic E-state index is -4.76. The summed E-state index contributed by atoms with van der Waals surface area (Å²) >= 11 is 2.93. The van der Waals surface area contributed by atoms with Gasteiger partial charge in [0.25, 0.3) is 0 Å². The highest BCUT2D eigenvalue weighted by Gasteiger charge is 2.31. The molecule has 3 N–H and O–H groups in total. The van der Waals surface area contributed by atoms with Crippen molar-refractivity contribution in [2.24, 2.45) is 5.84 Å². The van der Waals surface area contributed by atoms with E-state index in [0.29, 0.717) is 5.75 Å². The van der Waals surface area contributed by atoms with Crippen LogP contribution in [0.25, 0.3) is 0 Å². The average Bonchev–Trinajstić information content (AvgIpc) is 2.31. The number of nitrogens with one attached hydrogen (secondary N) is 1. The maximum absolute atomic E-state index is 12.0. The molecular formula is C10H10BrF3N2O3. The molecule has 1 amide bonds. The van der Waals surface area contributed by atoms with Crippen LogP contribution in [-0.4, -0.2) is 18.9 Å². The molecule has 1 aromatic rings. The van der Waals surface area contributed by atoms with Crippen molar-refractivity contribution in [3.05, 3.63) is 22.7 Å². The number of ether oxygens (including phenoxy) is 2. The van der Waals surface area contributed by atoms with Crippen molar-refractivity contribution in [1.82, 2.24) is 5.43 Å². The summed E-state index contributed by atoms with van der Waals surface area (Å²) in [6, 6.07) is 3.71. The molecule has 1 rings (SSSR count). The highest BCUT2D eigenvalue weighted by molar-refractivity contribution is 9.10. The third kappa shape index (κ3) is 5.79. The zero-order valence-corrected chi connectivity index (χ0v) is 11.0. The van der Waals surface area contributed by atoms with E-state index in [4.69, 9.17) is 10.6 Å². The van der Waals surface area contributed by atoms with Crippen molar-refractivity contribution >= 4 is 21.8 Å². The molecule has 0 heterocycles. The second-order valence-electron chi connectivity index (χ2n) is 3.31. The Morgan fingerprint density at radius 3 is 2.63 bits per heavy atom. The Morgan fingerprint density at radius 1 is 1.42 bits per heavy atom. The first-order valence-electron chi connectivity index (χ1n) is 4.99. The highest BCUT2D eigenvalue weighted by atomic mass is 79.9. The first-order chi connectivity index (χ1) is 8.81. The van der Waals surface area contributed by atoms with E-state index in [0.717, 1.165) is 6.07 Å². The van der Waals surface area contributed by atoms with Crippen LogP contribution < -0.4 is 20.7 Å². The van der Waals surface area contributed by atoms with Gasteiger partial charge in [0, 0.05) is 0 Å². The van der Waals surface area contributed by atoms with Crippen LogP contribution >= 0.6 is 15.9 Å². The molecule has 0 saturated carbocycles. The van der Waals surface area contributed by atoms with Crippen molar-refractivity contribution in [3.63, 3.8) is 0 Å². The molecule has 0 saturated heterocycles. The van der Waals surface area contributed by atoms with Gasteiger partial charge in [-0.15, -0.1) is 13.2 Å². The number of rotatable bonds is 5. The summed E-state index contributed by atoms with van der Waals surface area (Å²) in [5.74, 6) is 4.38. The first-order valence-corrected chi connectivity index (χ1v) is 5.78. The summed E-state index contributed by atoms with van der Waals surface area (Å²) in [7, 11) is 0. The average molecular weight is 343 g/mol. The Kier molecular flexibility index (Phi) is 5.43. The number of carbonyl (C=O) groups is 1. The summed E-state index contributed by atoms with van der Waals surface area (Å²) in [6.45, 7) is 0.0505. The van der Waals surface area contributed by atoms with E-state index in [1.54, 1.807) is 0 Å². The van der Waals surface area contributed by atoms with E-state index in [9.17, 15) is 18.0 Å². The first kappa shape index (κ1) is 15.6. The minimum absolute atomic E-state index is 0.0366. The molecule has 0 aromatic heterocycles. The van der Waals surface area contributed by atoms with E-state index in [2.05, 4.69) is 20.7 Å². The summed E-state index contributed by atoms with van der Waals surface area (Å²) in [5, 5.41) is 0. The van der Waals surface area contributed by atoms with Gasteiger partial charge >= 0.3 is 6.36 Å². The normalized spacial score (nSPS) is 11.0. The minimum Gasteiger partial charge on any atom is -0.493 e. The number of carbonyl (C=O) groups excluding carboxylic acids is 1. The maximum Gasteiger partial charge on any atom is 0.573 e. The number of halogens is 4. The van der Waals surface area contributed by atoms with E-state index in [1.165, 1.54) is 12.1 Å². The molecule has 0 radical (unpaired) electrons. The Labute approximate surface area is 115 Å². The molecule has 9 heteroatoms. The quantitative estimate of drug-likeness (QED) is 0.488. The molecule has 19 heavy (non-hydrogen) atoms. The standard InChI is InChI=1S/C10H10BrF3N2O3/c11-7-5-6(18-4-3-9(17)16-15)1-2-8(7)19-10(12,13)14/h1-2,5H,3-4,15H2,(H,16,17). The predicted molar refractivity (Wildman–Crippen MR) is 63.3 cm³/mol. The van der Waals surface area contributed by atoms with Crippen LogP contribution in [0.2, 0.25) is 0 Å². The number of nitrogens with two attached hydrogens (primary N) is 1. The van der Waals surface area contributed by atoms with Gasteiger partial charge in [-0.1, -0.05) is 0 Å². The fourth-order valence-electron chi connectivity index (χ4n) is 1.11. The number of amides is 1. The van der Waals surface area contributed by atoms with Gasteiger partial charge in [0.1, 0.15) is 11.5 Å². The van der Waals surface area contributed by atoms with E-state index >= 15 is 0 Å². The SMILES string of the molecule is NNC(=O)CCOc1ccc(OC(F)(F)F)c(Br)c1. The van der Waals surface area contributed by atoms with Crippen LogP contribution in [-0.2, 0) is 4.79 Å². The van der Waals surface area contributed by atoms with Crippen LogP contribution in [0.5, 0.6) is 11.5 Å². The molecule has 0 aliphatic rings. The van der Waals surface area contributed by atoms with Crippen molar-refractivity contribution in [2.45, 2.75) is 12.8 Å². The van der Waals surface area contributed by atoms with Gasteiger partial charge in [-0.05, 0) is 34.1 Å². The van der Waals surface area contributed by atoms with E-state index in [1.807, 2.05) is 5.43 Å². The van der Waals surface area contributed by atoms with Gasteiger partial charge < -0.3 is 9.47 Å². The largest absolute Gasteiger partial charge is 0.573 e. The van der Waals surface area contributed by atoms with Crippen LogP contribution in [0.3, 0.4) is 0 Å². The summed E-state index contributed by atoms with van der Waals surface area (Å²) < 4.78 is 45.1. The van der Waals surface area contributed by atoms with Crippen molar-refractivity contribution < 1.29 is 27.4 Å². The fraction of sp³-hybridized carbons (Fsp3) is 0.300. The summed E-state index contributed by atoms with van der Waals surface area (Å²) in [5.41, 5.74) is 1.92. The molecule has 0 aliphatic carbocycles. The maximum atomic E-state index is 12.0. The van der Waals surface area contributed by atoms with Gasteiger partial charge in [-0.25, -0.2) is 5.84 Å². The lowest BCUT2D eigenvalue weighted by molar-refractivity contribution is -0.274. The zero-order valence-electron chi connectivity index (χ0n) is 9.46. The Bertz CT molecular complexity index is 454. The molecule has 5 nitrogen and oxygen atoms in total. The molecule has 0 fully saturated rings. The second-order valence-corrected chi connectivity index (χ2v) is 4.16. The zero-order chi connectivity index (χ0) is 14.5. The predicted octanol–water partition coefficient (Wildman–Crippen LogP) is 2.11. The highest BCUT2D eigenvalue weighted by Crippen LogP contribution is 2.33. The molecule has 1 aromatic carbocycles. The molecule has 106 valence electrons. The number of hydrogen-bond donors (Lipinski definition) is 2. The van der Waals surface area contributed by atoms with Gasteiger partial charge in [-0.2, -0.15) is 0 Å². The lowest BCUT2D eigenvalue weighted by Gasteiger charge is -2.12. The molecule has 0 aliphatic heterocycles. The number of benzene rings is 1. The Balaban J connectivity index is 2.59. The Hall–Kier alpha value is -1.48. The number of alkyl halides is 3.